The van der Waals surface area contributed by atoms with Gasteiger partial charge in [0.2, 0.25) is 0 Å². The van der Waals surface area contributed by atoms with Crippen molar-refractivity contribution in [1.82, 2.24) is 0 Å². The molecule has 3 nitrogen and oxygen atoms in total. The lowest BCUT2D eigenvalue weighted by Crippen LogP contribution is -2.30. The lowest BCUT2D eigenvalue weighted by Gasteiger charge is -2.02. The maximum atomic E-state index is 10.1. The third kappa shape index (κ3) is 10.4. The van der Waals surface area contributed by atoms with E-state index in [9.17, 15) is 4.79 Å². The van der Waals surface area contributed by atoms with E-state index in [1.807, 2.05) is 6.26 Å². The van der Waals surface area contributed by atoms with Gasteiger partial charge in [-0.3, -0.25) is 4.79 Å². The summed E-state index contributed by atoms with van der Waals surface area (Å²) in [6, 6.07) is -0.683. The molecule has 0 aliphatic carbocycles. The van der Waals surface area contributed by atoms with Crippen molar-refractivity contribution in [1.29, 1.82) is 0 Å². The number of halogens is 1. The highest BCUT2D eigenvalue weighted by atomic mass is 35.5. The first kappa shape index (κ1) is 17.5. The Bertz CT molecular complexity index is 104. The minimum atomic E-state index is -0.913. The van der Waals surface area contributed by atoms with Crippen LogP contribution in [-0.4, -0.2) is 29.1 Å². The number of thioether (sulfide) groups is 1. The monoisotopic (exact) mass is 219 g/mol. The molecule has 0 aliphatic heterocycles. The molecule has 0 aromatic carbocycles. The second-order valence-electron chi connectivity index (χ2n) is 1.73. The number of carboxylic acids is 1. The van der Waals surface area contributed by atoms with Crippen molar-refractivity contribution in [3.8, 4) is 0 Å². The molecular formula is C5H14ClNO2S2. The van der Waals surface area contributed by atoms with Gasteiger partial charge in [0.25, 0.3) is 0 Å². The third-order valence-corrected chi connectivity index (χ3v) is 1.59. The molecular weight excluding hydrogens is 206 g/mol. The van der Waals surface area contributed by atoms with E-state index in [0.717, 1.165) is 5.75 Å². The van der Waals surface area contributed by atoms with Crippen LogP contribution < -0.4 is 5.73 Å². The first-order valence-corrected chi connectivity index (χ1v) is 4.05. The van der Waals surface area contributed by atoms with E-state index in [0.29, 0.717) is 6.42 Å². The number of hydrogen-bond donors (Lipinski definition) is 2. The minimum Gasteiger partial charge on any atom is -0.480 e. The Balaban J connectivity index is -0.000000320. The van der Waals surface area contributed by atoms with Crippen LogP contribution in [0, 0.1) is 0 Å². The van der Waals surface area contributed by atoms with Gasteiger partial charge in [0.05, 0.1) is 0 Å². The molecule has 0 rings (SSSR count). The number of carbonyl (C=O) groups is 1. The molecule has 11 heavy (non-hydrogen) atoms. The fourth-order valence-corrected chi connectivity index (χ4v) is 0.858. The highest BCUT2D eigenvalue weighted by molar-refractivity contribution is 7.98. The maximum absolute atomic E-state index is 10.1. The van der Waals surface area contributed by atoms with Crippen molar-refractivity contribution in [2.45, 2.75) is 12.5 Å². The summed E-state index contributed by atoms with van der Waals surface area (Å²) < 4.78 is 0. The molecule has 6 heteroatoms. The molecule has 0 aromatic rings. The highest BCUT2D eigenvalue weighted by Crippen LogP contribution is 1.97. The number of nitrogens with two attached hydrogens (primary N) is 1. The number of carboxylic acid groups (broad SMARTS) is 1. The van der Waals surface area contributed by atoms with Crippen LogP contribution in [0.1, 0.15) is 6.42 Å². The van der Waals surface area contributed by atoms with Gasteiger partial charge in [-0.15, -0.1) is 12.4 Å². The van der Waals surface area contributed by atoms with Crippen LogP contribution in [0.15, 0.2) is 0 Å². The Labute approximate surface area is 84.0 Å². The van der Waals surface area contributed by atoms with Crippen molar-refractivity contribution >= 4 is 43.6 Å². The molecule has 70 valence electrons. The van der Waals surface area contributed by atoms with Gasteiger partial charge in [-0.05, 0) is 18.4 Å². The third-order valence-electron chi connectivity index (χ3n) is 0.950. The summed E-state index contributed by atoms with van der Waals surface area (Å²) in [5.74, 6) is -0.1000. The van der Waals surface area contributed by atoms with E-state index >= 15 is 0 Å². The zero-order valence-corrected chi connectivity index (χ0v) is 8.87. The van der Waals surface area contributed by atoms with E-state index in [-0.39, 0.29) is 25.9 Å². The van der Waals surface area contributed by atoms with Crippen LogP contribution in [0.3, 0.4) is 0 Å². The zero-order valence-electron chi connectivity index (χ0n) is 6.24. The molecule has 0 heterocycles. The SMILES string of the molecule is CSCC[C@H](N)C(=O)O.Cl.S. The molecule has 0 unspecified atom stereocenters. The molecule has 3 N–H and O–H groups in total. The number of rotatable bonds is 4. The Kier molecular flexibility index (Phi) is 16.6. The summed E-state index contributed by atoms with van der Waals surface area (Å²) in [5.41, 5.74) is 5.19. The van der Waals surface area contributed by atoms with Crippen LogP contribution in [-0.2, 0) is 4.79 Å². The Morgan fingerprint density at radius 2 is 2.18 bits per heavy atom. The van der Waals surface area contributed by atoms with E-state index in [2.05, 4.69) is 0 Å². The largest absolute Gasteiger partial charge is 0.480 e. The van der Waals surface area contributed by atoms with Crippen LogP contribution in [0.5, 0.6) is 0 Å². The van der Waals surface area contributed by atoms with Crippen LogP contribution >= 0.6 is 37.7 Å². The van der Waals surface area contributed by atoms with E-state index in [4.69, 9.17) is 10.8 Å². The molecule has 0 spiro atoms. The van der Waals surface area contributed by atoms with Crippen molar-refractivity contribution in [3.63, 3.8) is 0 Å². The first-order chi connectivity index (χ1) is 4.18. The molecule has 0 radical (unpaired) electrons. The van der Waals surface area contributed by atoms with Crippen LogP contribution in [0.25, 0.3) is 0 Å². The average Bonchev–Trinajstić information content (AvgIpc) is 1.82. The molecule has 0 saturated carbocycles. The van der Waals surface area contributed by atoms with Crippen molar-refractivity contribution < 1.29 is 9.90 Å². The van der Waals surface area contributed by atoms with Crippen LogP contribution in [0.2, 0.25) is 0 Å². The Morgan fingerprint density at radius 3 is 2.45 bits per heavy atom. The summed E-state index contributed by atoms with van der Waals surface area (Å²) in [6.45, 7) is 0. The molecule has 0 fully saturated rings. The van der Waals surface area contributed by atoms with Gasteiger partial charge in [0, 0.05) is 0 Å². The molecule has 0 aromatic heterocycles. The van der Waals surface area contributed by atoms with E-state index < -0.39 is 12.0 Å². The molecule has 0 bridgehead atoms. The van der Waals surface area contributed by atoms with Crippen molar-refractivity contribution in [2.75, 3.05) is 12.0 Å². The minimum absolute atomic E-state index is 0. The summed E-state index contributed by atoms with van der Waals surface area (Å²) in [7, 11) is 0. The molecule has 0 aliphatic rings. The fraction of sp³-hybridized carbons (Fsp3) is 0.800. The average molecular weight is 220 g/mol. The first-order valence-electron chi connectivity index (χ1n) is 2.65. The Hall–Kier alpha value is 0.420. The lowest BCUT2D eigenvalue weighted by atomic mass is 10.2. The van der Waals surface area contributed by atoms with E-state index in [1.54, 1.807) is 11.8 Å². The normalized spacial score (nSPS) is 10.7. The summed E-state index contributed by atoms with van der Waals surface area (Å²) in [4.78, 5) is 10.1. The van der Waals surface area contributed by atoms with E-state index in [1.165, 1.54) is 0 Å². The zero-order chi connectivity index (χ0) is 7.28. The number of aliphatic carboxylic acids is 1. The highest BCUT2D eigenvalue weighted by Gasteiger charge is 2.08. The van der Waals surface area contributed by atoms with Gasteiger partial charge in [-0.2, -0.15) is 25.3 Å². The van der Waals surface area contributed by atoms with Gasteiger partial charge < -0.3 is 10.8 Å². The lowest BCUT2D eigenvalue weighted by molar-refractivity contribution is -0.138. The van der Waals surface area contributed by atoms with Gasteiger partial charge in [0.15, 0.2) is 0 Å². The van der Waals surface area contributed by atoms with Crippen molar-refractivity contribution in [2.24, 2.45) is 5.73 Å². The van der Waals surface area contributed by atoms with Gasteiger partial charge in [-0.25, -0.2) is 0 Å². The standard InChI is InChI=1S/C5H11NO2S.ClH.H2S/c1-9-3-2-4(6)5(7)8;;/h4H,2-3,6H2,1H3,(H,7,8);1H;1H2/t4-;;/m0../s1. The van der Waals surface area contributed by atoms with Crippen LogP contribution in [0.4, 0.5) is 0 Å². The second-order valence-corrected chi connectivity index (χ2v) is 2.71. The quantitative estimate of drug-likeness (QED) is 0.730. The summed E-state index contributed by atoms with van der Waals surface area (Å²) in [6.07, 6.45) is 2.48. The van der Waals surface area contributed by atoms with Gasteiger partial charge in [0.1, 0.15) is 6.04 Å². The summed E-state index contributed by atoms with van der Waals surface area (Å²) in [5, 5.41) is 8.27. The Morgan fingerprint density at radius 1 is 1.73 bits per heavy atom. The number of hydrogen-bond acceptors (Lipinski definition) is 3. The molecule has 0 amide bonds. The predicted octanol–water partition coefficient (Wildman–Crippen LogP) is 0.686. The summed E-state index contributed by atoms with van der Waals surface area (Å²) >= 11 is 1.60. The fourth-order valence-electron chi connectivity index (χ4n) is 0.368. The molecule has 1 atom stereocenters. The topological polar surface area (TPSA) is 63.3 Å². The van der Waals surface area contributed by atoms with Gasteiger partial charge in [-0.1, -0.05) is 0 Å². The van der Waals surface area contributed by atoms with Crippen molar-refractivity contribution in [3.05, 3.63) is 0 Å². The second kappa shape index (κ2) is 10.4. The smallest absolute Gasteiger partial charge is 0.320 e. The maximum Gasteiger partial charge on any atom is 0.320 e. The predicted molar refractivity (Wildman–Crippen MR) is 56.2 cm³/mol. The molecule has 0 saturated heterocycles. The van der Waals surface area contributed by atoms with Gasteiger partial charge >= 0.3 is 5.97 Å².